The molecule has 4 aromatic rings. The summed E-state index contributed by atoms with van der Waals surface area (Å²) < 4.78 is 0. The zero-order chi connectivity index (χ0) is 23.5. The fourth-order valence-corrected chi connectivity index (χ4v) is 5.18. The Hall–Kier alpha value is -3.01. The van der Waals surface area contributed by atoms with Gasteiger partial charge < -0.3 is 4.90 Å². The molecule has 0 aliphatic carbocycles. The van der Waals surface area contributed by atoms with Crippen molar-refractivity contribution in [1.29, 1.82) is 0 Å². The molecular weight excluding hydrogens is 402 g/mol. The van der Waals surface area contributed by atoms with Crippen molar-refractivity contribution in [1.82, 2.24) is 15.2 Å². The molecule has 0 saturated carbocycles. The maximum absolute atomic E-state index is 6.90. The highest BCUT2D eigenvalue weighted by Crippen LogP contribution is 2.40. The molecule has 1 N–H and O–H groups in total. The van der Waals surface area contributed by atoms with E-state index < -0.39 is 5.34 Å². The smallest absolute Gasteiger partial charge is 0.0966 e. The number of nitrogens with one attached hydrogen (secondary N) is 1. The molecule has 0 atom stereocenters. The number of pyridine rings is 1. The molecule has 0 amide bonds. The highest BCUT2D eigenvalue weighted by atomic mass is 15.2. The van der Waals surface area contributed by atoms with Crippen LogP contribution in [0.25, 0.3) is 22.2 Å². The van der Waals surface area contributed by atoms with Crippen LogP contribution in [0.15, 0.2) is 42.5 Å². The van der Waals surface area contributed by atoms with Gasteiger partial charge in [0.2, 0.25) is 0 Å². The van der Waals surface area contributed by atoms with Crippen LogP contribution in [0.4, 0.5) is 5.69 Å². The van der Waals surface area contributed by atoms with Crippen LogP contribution in [0.2, 0.25) is 0 Å². The lowest BCUT2D eigenvalue weighted by molar-refractivity contribution is 0.642. The van der Waals surface area contributed by atoms with Crippen molar-refractivity contribution in [3.05, 3.63) is 76.1 Å². The molecule has 1 aliphatic heterocycles. The van der Waals surface area contributed by atoms with Gasteiger partial charge in [-0.15, -0.1) is 0 Å². The second-order valence-corrected chi connectivity index (χ2v) is 9.62. The van der Waals surface area contributed by atoms with Gasteiger partial charge in [-0.3, -0.25) is 10.1 Å². The van der Waals surface area contributed by atoms with Gasteiger partial charge in [-0.1, -0.05) is 38.1 Å². The molecule has 0 spiro atoms. The van der Waals surface area contributed by atoms with Crippen LogP contribution in [0.3, 0.4) is 0 Å². The van der Waals surface area contributed by atoms with Gasteiger partial charge in [0.1, 0.15) is 0 Å². The summed E-state index contributed by atoms with van der Waals surface area (Å²) in [5.41, 5.74) is 10.5. The normalized spacial score (nSPS) is 15.3. The molecule has 2 aromatic heterocycles. The Morgan fingerprint density at radius 2 is 1.82 bits per heavy atom. The molecule has 3 heterocycles. The van der Waals surface area contributed by atoms with Gasteiger partial charge in [0.25, 0.3) is 0 Å². The second kappa shape index (κ2) is 7.79. The van der Waals surface area contributed by atoms with Crippen molar-refractivity contribution in [3.63, 3.8) is 0 Å². The Balaban J connectivity index is 1.62. The fourth-order valence-electron chi connectivity index (χ4n) is 5.18. The summed E-state index contributed by atoms with van der Waals surface area (Å²) in [5, 5.41) is 7.47. The highest BCUT2D eigenvalue weighted by Gasteiger charge is 2.36. The number of benzene rings is 2. The predicted molar refractivity (Wildman–Crippen MR) is 138 cm³/mol. The summed E-state index contributed by atoms with van der Waals surface area (Å²) in [7, 11) is 13.8. The highest BCUT2D eigenvalue weighted by molar-refractivity contribution is 6.42. The minimum absolute atomic E-state index is 0.437. The van der Waals surface area contributed by atoms with Crippen LogP contribution >= 0.6 is 0 Å². The van der Waals surface area contributed by atoms with E-state index in [2.05, 4.69) is 73.1 Å². The zero-order valence-corrected chi connectivity index (χ0v) is 20.0. The van der Waals surface area contributed by atoms with Crippen molar-refractivity contribution < 1.29 is 0 Å². The van der Waals surface area contributed by atoms with Gasteiger partial charge >= 0.3 is 0 Å². The molecule has 0 fully saturated rings. The van der Waals surface area contributed by atoms with Crippen LogP contribution < -0.4 is 4.90 Å². The molecule has 0 saturated heterocycles. The first-order valence-electron chi connectivity index (χ1n) is 11.6. The zero-order valence-electron chi connectivity index (χ0n) is 20.0. The third-order valence-corrected chi connectivity index (χ3v) is 6.94. The molecular formula is C27H28B2N4. The summed E-state index contributed by atoms with van der Waals surface area (Å²) in [5.74, 6) is 0.437. The third kappa shape index (κ3) is 3.47. The van der Waals surface area contributed by atoms with E-state index in [9.17, 15) is 0 Å². The van der Waals surface area contributed by atoms with E-state index in [1.54, 1.807) is 0 Å². The predicted octanol–water partition coefficient (Wildman–Crippen LogP) is 5.18. The molecule has 33 heavy (non-hydrogen) atoms. The Bertz CT molecular complexity index is 1370. The van der Waals surface area contributed by atoms with Crippen molar-refractivity contribution in [2.24, 2.45) is 0 Å². The number of H-pyrrole nitrogens is 1. The van der Waals surface area contributed by atoms with E-state index in [-0.39, 0.29) is 0 Å². The molecule has 4 radical (unpaired) electrons. The number of hydrogen-bond donors (Lipinski definition) is 1. The van der Waals surface area contributed by atoms with E-state index in [1.165, 1.54) is 11.1 Å². The number of anilines is 1. The first kappa shape index (κ1) is 21.8. The summed E-state index contributed by atoms with van der Waals surface area (Å²) in [4.78, 5) is 7.22. The molecule has 4 nitrogen and oxygen atoms in total. The number of rotatable bonds is 3. The summed E-state index contributed by atoms with van der Waals surface area (Å²) >= 11 is 0. The van der Waals surface area contributed by atoms with E-state index in [1.807, 2.05) is 19.1 Å². The van der Waals surface area contributed by atoms with Crippen LogP contribution in [0, 0.1) is 20.8 Å². The van der Waals surface area contributed by atoms with E-state index in [0.717, 1.165) is 56.8 Å². The van der Waals surface area contributed by atoms with Gasteiger partial charge in [-0.25, -0.2) is 0 Å². The first-order chi connectivity index (χ1) is 15.7. The lowest BCUT2D eigenvalue weighted by atomic mass is 9.54. The lowest BCUT2D eigenvalue weighted by Crippen LogP contribution is -2.53. The number of nitrogens with zero attached hydrogens (tertiary/aromatic N) is 3. The standard InChI is InChI=1S/C27H28B2N4/c1-15(2)19-10-9-16(3)24(14-19)33-12-11-22-26(27(33,28)29)17(4)13-23(30-22)20-7-6-8-21-25(20)18(5)31-32-21/h6-10,13-15H,11-12H2,1-5H3,(H,31,32). The minimum atomic E-state index is -1.14. The monoisotopic (exact) mass is 430 g/mol. The first-order valence-corrected chi connectivity index (χ1v) is 11.6. The topological polar surface area (TPSA) is 44.8 Å². The van der Waals surface area contributed by atoms with Crippen LogP contribution in [-0.4, -0.2) is 37.4 Å². The van der Waals surface area contributed by atoms with Crippen molar-refractivity contribution >= 4 is 32.3 Å². The largest absolute Gasteiger partial charge is 0.378 e. The molecule has 5 rings (SSSR count). The lowest BCUT2D eigenvalue weighted by Gasteiger charge is -2.48. The Labute approximate surface area is 198 Å². The van der Waals surface area contributed by atoms with E-state index in [0.29, 0.717) is 12.5 Å². The fraction of sp³-hybridized carbons (Fsp3) is 0.333. The average Bonchev–Trinajstić information content (AvgIpc) is 3.15. The van der Waals surface area contributed by atoms with Gasteiger partial charge in [0, 0.05) is 41.0 Å². The number of aryl methyl sites for hydroxylation is 3. The number of hydrogen-bond acceptors (Lipinski definition) is 3. The van der Waals surface area contributed by atoms with Gasteiger partial charge in [0.05, 0.1) is 26.9 Å². The van der Waals surface area contributed by atoms with Gasteiger partial charge in [0.15, 0.2) is 0 Å². The van der Waals surface area contributed by atoms with Gasteiger partial charge in [-0.05, 0) is 72.5 Å². The SMILES string of the molecule is [B]C1([B])c2c(C)cc(-c3cccc4n[nH]c(C)c34)nc2CCN1c1cc(C(C)C)ccc1C. The second-order valence-electron chi connectivity index (χ2n) is 9.62. The molecule has 162 valence electrons. The van der Waals surface area contributed by atoms with E-state index in [4.69, 9.17) is 20.7 Å². The third-order valence-electron chi connectivity index (χ3n) is 6.94. The quantitative estimate of drug-likeness (QED) is 0.456. The van der Waals surface area contributed by atoms with Crippen LogP contribution in [-0.2, 0) is 11.8 Å². The Kier molecular flexibility index (Phi) is 5.15. The average molecular weight is 430 g/mol. The number of fused-ring (bicyclic) bond motifs is 2. The minimum Gasteiger partial charge on any atom is -0.378 e. The maximum Gasteiger partial charge on any atom is 0.0966 e. The number of aromatic amines is 1. The Morgan fingerprint density at radius 1 is 1.03 bits per heavy atom. The Morgan fingerprint density at radius 3 is 2.58 bits per heavy atom. The van der Waals surface area contributed by atoms with E-state index >= 15 is 0 Å². The van der Waals surface area contributed by atoms with Crippen LogP contribution in [0.5, 0.6) is 0 Å². The maximum atomic E-state index is 6.90. The number of aromatic nitrogens is 3. The molecule has 0 unspecified atom stereocenters. The molecule has 2 aromatic carbocycles. The summed E-state index contributed by atoms with van der Waals surface area (Å²) in [6.07, 6.45) is 0.784. The summed E-state index contributed by atoms with van der Waals surface area (Å²) in [6.45, 7) is 11.4. The summed E-state index contributed by atoms with van der Waals surface area (Å²) in [6, 6.07) is 14.8. The van der Waals surface area contributed by atoms with Crippen molar-refractivity contribution in [2.75, 3.05) is 11.4 Å². The molecule has 0 bridgehead atoms. The van der Waals surface area contributed by atoms with Crippen LogP contribution in [0.1, 0.15) is 53.4 Å². The molecule has 1 aliphatic rings. The molecule has 6 heteroatoms. The van der Waals surface area contributed by atoms with Gasteiger partial charge in [-0.2, -0.15) is 5.10 Å². The van der Waals surface area contributed by atoms with Crippen molar-refractivity contribution in [3.8, 4) is 11.3 Å². The van der Waals surface area contributed by atoms with Crippen molar-refractivity contribution in [2.45, 2.75) is 52.3 Å².